The van der Waals surface area contributed by atoms with Crippen LogP contribution in [0.15, 0.2) is 48.3 Å². The highest BCUT2D eigenvalue weighted by Crippen LogP contribution is 2.10. The average molecular weight is 546 g/mol. The molecule has 0 radical (unpaired) electrons. The lowest BCUT2D eigenvalue weighted by Crippen LogP contribution is -2.46. The molecule has 14 heteroatoms. The number of carbonyl (C=O) groups excluding carboxylic acids is 5. The van der Waals surface area contributed by atoms with E-state index < -0.39 is 48.7 Å². The molecule has 0 bridgehead atoms. The number of carbonyl (C=O) groups is 5. The van der Waals surface area contributed by atoms with E-state index in [2.05, 4.69) is 36.6 Å². The first-order valence-corrected chi connectivity index (χ1v) is 11.8. The van der Waals surface area contributed by atoms with Gasteiger partial charge < -0.3 is 31.3 Å². The Kier molecular flexibility index (Phi) is 11.6. The minimum absolute atomic E-state index is 0.0788. The molecular weight excluding hydrogens is 518 g/mol. The SMILES string of the molecule is CCOC(=O)[C@H](C)NC(=O)CNC(=O)CNC(=O)/C(=C\Nc1nc(C)cc(Cl)n1)NC(=O)c1ccccc1. The van der Waals surface area contributed by atoms with Gasteiger partial charge in [0.15, 0.2) is 0 Å². The quantitative estimate of drug-likeness (QED) is 0.143. The number of benzene rings is 1. The largest absolute Gasteiger partial charge is 0.464 e. The molecule has 1 atom stereocenters. The van der Waals surface area contributed by atoms with Gasteiger partial charge in [-0.25, -0.2) is 14.8 Å². The number of esters is 1. The maximum absolute atomic E-state index is 12.8. The minimum atomic E-state index is -0.889. The summed E-state index contributed by atoms with van der Waals surface area (Å²) in [6.45, 7) is 4.00. The zero-order valence-electron chi connectivity index (χ0n) is 21.0. The van der Waals surface area contributed by atoms with Crippen molar-refractivity contribution in [3.05, 3.63) is 64.7 Å². The maximum Gasteiger partial charge on any atom is 0.328 e. The molecule has 1 aromatic carbocycles. The molecule has 202 valence electrons. The molecule has 13 nitrogen and oxygen atoms in total. The molecule has 0 saturated carbocycles. The molecule has 1 aromatic heterocycles. The lowest BCUT2D eigenvalue weighted by molar-refractivity contribution is -0.146. The predicted octanol–water partition coefficient (Wildman–Crippen LogP) is 0.422. The van der Waals surface area contributed by atoms with Crippen LogP contribution in [0.25, 0.3) is 0 Å². The van der Waals surface area contributed by atoms with Crippen LogP contribution in [0.1, 0.15) is 29.9 Å². The summed E-state index contributed by atoms with van der Waals surface area (Å²) in [6, 6.07) is 8.82. The van der Waals surface area contributed by atoms with Crippen molar-refractivity contribution >= 4 is 47.1 Å². The number of halogens is 1. The number of amides is 4. The van der Waals surface area contributed by atoms with Gasteiger partial charge in [0.25, 0.3) is 11.8 Å². The molecule has 0 fully saturated rings. The molecule has 1 heterocycles. The number of hydrogen-bond acceptors (Lipinski definition) is 9. The number of anilines is 1. The van der Waals surface area contributed by atoms with E-state index in [9.17, 15) is 24.0 Å². The number of nitrogens with zero attached hydrogens (tertiary/aromatic N) is 2. The van der Waals surface area contributed by atoms with Crippen LogP contribution in [0.4, 0.5) is 5.95 Å². The van der Waals surface area contributed by atoms with Crippen LogP contribution >= 0.6 is 11.6 Å². The smallest absolute Gasteiger partial charge is 0.328 e. The predicted molar refractivity (Wildman–Crippen MR) is 138 cm³/mol. The van der Waals surface area contributed by atoms with E-state index in [1.807, 2.05) is 0 Å². The second-order valence-corrected chi connectivity index (χ2v) is 8.07. The van der Waals surface area contributed by atoms with Gasteiger partial charge in [0.2, 0.25) is 17.8 Å². The monoisotopic (exact) mass is 545 g/mol. The number of aromatic nitrogens is 2. The first-order valence-electron chi connectivity index (χ1n) is 11.4. The van der Waals surface area contributed by atoms with Crippen molar-refractivity contribution in [3.63, 3.8) is 0 Å². The van der Waals surface area contributed by atoms with E-state index in [0.29, 0.717) is 11.3 Å². The second kappa shape index (κ2) is 14.9. The van der Waals surface area contributed by atoms with Crippen LogP contribution in [-0.2, 0) is 23.9 Å². The summed E-state index contributed by atoms with van der Waals surface area (Å²) < 4.78 is 4.79. The number of ether oxygens (including phenoxy) is 1. The molecule has 0 spiro atoms. The highest BCUT2D eigenvalue weighted by Gasteiger charge is 2.18. The van der Waals surface area contributed by atoms with Gasteiger partial charge in [-0.1, -0.05) is 29.8 Å². The Morgan fingerprint density at radius 3 is 2.37 bits per heavy atom. The van der Waals surface area contributed by atoms with Gasteiger partial charge in [-0.15, -0.1) is 0 Å². The maximum atomic E-state index is 12.8. The van der Waals surface area contributed by atoms with E-state index in [4.69, 9.17) is 16.3 Å². The van der Waals surface area contributed by atoms with Crippen molar-refractivity contribution in [2.75, 3.05) is 25.0 Å². The molecule has 38 heavy (non-hydrogen) atoms. The fourth-order valence-electron chi connectivity index (χ4n) is 2.79. The third kappa shape index (κ3) is 10.2. The topological polar surface area (TPSA) is 181 Å². The molecule has 0 saturated heterocycles. The van der Waals surface area contributed by atoms with Gasteiger partial charge in [-0.3, -0.25) is 19.2 Å². The fourth-order valence-corrected chi connectivity index (χ4v) is 3.03. The number of rotatable bonds is 12. The van der Waals surface area contributed by atoms with Crippen molar-refractivity contribution in [2.24, 2.45) is 0 Å². The van der Waals surface area contributed by atoms with Gasteiger partial charge in [-0.05, 0) is 39.0 Å². The number of nitrogens with one attached hydrogen (secondary N) is 5. The summed E-state index contributed by atoms with van der Waals surface area (Å²) in [4.78, 5) is 69.1. The summed E-state index contributed by atoms with van der Waals surface area (Å²) in [5.41, 5.74) is 0.619. The van der Waals surface area contributed by atoms with Crippen LogP contribution in [0.3, 0.4) is 0 Å². The van der Waals surface area contributed by atoms with Gasteiger partial charge >= 0.3 is 5.97 Å². The molecule has 2 rings (SSSR count). The van der Waals surface area contributed by atoms with Crippen molar-refractivity contribution in [1.82, 2.24) is 31.2 Å². The minimum Gasteiger partial charge on any atom is -0.464 e. The lowest BCUT2D eigenvalue weighted by atomic mass is 10.2. The van der Waals surface area contributed by atoms with Crippen LogP contribution in [0.2, 0.25) is 5.15 Å². The highest BCUT2D eigenvalue weighted by molar-refractivity contribution is 6.29. The first kappa shape index (κ1) is 29.7. The van der Waals surface area contributed by atoms with Crippen LogP contribution in [-0.4, -0.2) is 65.3 Å². The number of hydrogen-bond donors (Lipinski definition) is 5. The standard InChI is InChI=1S/C24H28ClN7O6/c1-4-38-23(37)15(3)30-20(34)13-26-19(33)12-27-22(36)17(31-21(35)16-8-6-5-7-9-16)11-28-24-29-14(2)10-18(25)32-24/h5-11,15H,4,12-13H2,1-3H3,(H,26,33)(H,27,36)(H,30,34)(H,31,35)(H,28,29,32)/b17-11+/t15-/m0/s1. The molecular formula is C24H28ClN7O6. The number of aryl methyl sites for hydroxylation is 1. The summed E-state index contributed by atoms with van der Waals surface area (Å²) in [6.07, 6.45) is 1.16. The molecule has 4 amide bonds. The van der Waals surface area contributed by atoms with Crippen molar-refractivity contribution in [2.45, 2.75) is 26.8 Å². The summed E-state index contributed by atoms with van der Waals surface area (Å²) in [5, 5.41) is 12.4. The zero-order valence-corrected chi connectivity index (χ0v) is 21.7. The third-order valence-electron chi connectivity index (χ3n) is 4.57. The third-order valence-corrected chi connectivity index (χ3v) is 4.76. The first-order chi connectivity index (χ1) is 18.1. The Labute approximate surface area is 223 Å². The van der Waals surface area contributed by atoms with E-state index in [1.165, 1.54) is 13.0 Å². The molecule has 0 aliphatic carbocycles. The fraction of sp³-hybridized carbons (Fsp3) is 0.292. The van der Waals surface area contributed by atoms with Crippen molar-refractivity contribution in [3.8, 4) is 0 Å². The van der Waals surface area contributed by atoms with Crippen LogP contribution < -0.4 is 26.6 Å². The summed E-state index contributed by atoms with van der Waals surface area (Å²) in [7, 11) is 0. The van der Waals surface area contributed by atoms with E-state index in [1.54, 1.807) is 44.2 Å². The molecule has 0 aliphatic heterocycles. The Balaban J connectivity index is 1.99. The van der Waals surface area contributed by atoms with Crippen LogP contribution in [0, 0.1) is 6.92 Å². The lowest BCUT2D eigenvalue weighted by Gasteiger charge is -2.13. The van der Waals surface area contributed by atoms with Gasteiger partial charge in [0.05, 0.1) is 19.7 Å². The summed E-state index contributed by atoms with van der Waals surface area (Å²) in [5.74, 6) is -3.22. The summed E-state index contributed by atoms with van der Waals surface area (Å²) >= 11 is 5.93. The van der Waals surface area contributed by atoms with Gasteiger partial charge in [0, 0.05) is 17.5 Å². The van der Waals surface area contributed by atoms with E-state index >= 15 is 0 Å². The molecule has 0 aliphatic rings. The van der Waals surface area contributed by atoms with Crippen molar-refractivity contribution in [1.29, 1.82) is 0 Å². The molecule has 5 N–H and O–H groups in total. The van der Waals surface area contributed by atoms with E-state index in [0.717, 1.165) is 6.20 Å². The average Bonchev–Trinajstić information content (AvgIpc) is 2.88. The van der Waals surface area contributed by atoms with E-state index in [-0.39, 0.29) is 23.4 Å². The molecule has 0 unspecified atom stereocenters. The van der Waals surface area contributed by atoms with Crippen molar-refractivity contribution < 1.29 is 28.7 Å². The van der Waals surface area contributed by atoms with Gasteiger partial charge in [-0.2, -0.15) is 0 Å². The van der Waals surface area contributed by atoms with Crippen LogP contribution in [0.5, 0.6) is 0 Å². The second-order valence-electron chi connectivity index (χ2n) is 7.68. The normalized spacial score (nSPS) is 11.5. The Hall–Kier alpha value is -4.52. The Bertz CT molecular complexity index is 1190. The zero-order chi connectivity index (χ0) is 28.1. The van der Waals surface area contributed by atoms with Gasteiger partial charge in [0.1, 0.15) is 16.9 Å². The Morgan fingerprint density at radius 1 is 1.03 bits per heavy atom. The highest BCUT2D eigenvalue weighted by atomic mass is 35.5. The molecule has 2 aromatic rings. The Morgan fingerprint density at radius 2 is 1.71 bits per heavy atom.